The zero-order valence-electron chi connectivity index (χ0n) is 38.8. The lowest BCUT2D eigenvalue weighted by Crippen LogP contribution is -2.67. The first-order valence-electron chi connectivity index (χ1n) is 23.6. The lowest BCUT2D eigenvalue weighted by Gasteiger charge is -2.73. The first kappa shape index (κ1) is 45.1. The number of carbonyl (C=O) groups is 2. The van der Waals surface area contributed by atoms with E-state index in [0.717, 1.165) is 44.9 Å². The molecule has 7 rings (SSSR count). The van der Waals surface area contributed by atoms with Crippen LogP contribution in [0.3, 0.4) is 0 Å². The van der Waals surface area contributed by atoms with Gasteiger partial charge in [-0.3, -0.25) is 9.59 Å². The molecule has 334 valence electrons. The fraction of sp³-hybridized carbons (Fsp3) is 0.880. The third kappa shape index (κ3) is 6.99. The Kier molecular flexibility index (Phi) is 12.2. The molecule has 9 nitrogen and oxygen atoms in total. The van der Waals surface area contributed by atoms with E-state index in [2.05, 4.69) is 68.5 Å². The molecule has 5 aliphatic carbocycles. The number of hydrogen-bond acceptors (Lipinski definition) is 9. The topological polar surface area (TPSA) is 110 Å². The number of aliphatic hydroxyl groups excluding tert-OH is 1. The molecule has 0 spiro atoms. The van der Waals surface area contributed by atoms with Crippen LogP contribution < -0.4 is 0 Å². The highest BCUT2D eigenvalue weighted by Gasteiger charge is 2.72. The molecule has 20 atom stereocenters. The number of carbonyl (C=O) groups excluding carboxylic acids is 2. The van der Waals surface area contributed by atoms with Crippen molar-refractivity contribution in [3.63, 3.8) is 0 Å². The fourth-order valence-electron chi connectivity index (χ4n) is 15.7. The number of esters is 2. The van der Waals surface area contributed by atoms with Gasteiger partial charge in [-0.25, -0.2) is 0 Å². The number of allylic oxidation sites excluding steroid dienone is 2. The maximum absolute atomic E-state index is 12.4. The van der Waals surface area contributed by atoms with Crippen molar-refractivity contribution in [3.05, 3.63) is 24.5 Å². The molecule has 2 saturated heterocycles. The highest BCUT2D eigenvalue weighted by atomic mass is 16.8. The van der Waals surface area contributed by atoms with Crippen LogP contribution in [0.4, 0.5) is 0 Å². The Balaban J connectivity index is 1.14. The molecule has 0 radical (unpaired) electrons. The summed E-state index contributed by atoms with van der Waals surface area (Å²) in [7, 11) is 0. The summed E-state index contributed by atoms with van der Waals surface area (Å²) in [5, 5.41) is 11.3. The highest BCUT2D eigenvalue weighted by Crippen LogP contribution is 2.78. The van der Waals surface area contributed by atoms with Crippen LogP contribution in [0, 0.1) is 74.4 Å². The van der Waals surface area contributed by atoms with E-state index in [1.807, 2.05) is 13.8 Å². The Morgan fingerprint density at radius 3 is 2.03 bits per heavy atom. The number of ether oxygens (including phenoxy) is 6. The van der Waals surface area contributed by atoms with Gasteiger partial charge in [0.25, 0.3) is 0 Å². The maximum atomic E-state index is 12.4. The Hall–Kier alpha value is -1.94. The predicted octanol–water partition coefficient (Wildman–Crippen LogP) is 10.7. The van der Waals surface area contributed by atoms with Crippen LogP contribution in [-0.4, -0.2) is 66.8 Å². The minimum absolute atomic E-state index is 0.0245. The minimum atomic E-state index is -0.961. The summed E-state index contributed by atoms with van der Waals surface area (Å²) in [6.45, 7) is 35.3. The van der Waals surface area contributed by atoms with E-state index in [0.29, 0.717) is 42.0 Å². The van der Waals surface area contributed by atoms with Gasteiger partial charge in [0.2, 0.25) is 0 Å². The van der Waals surface area contributed by atoms with Crippen LogP contribution in [0.1, 0.15) is 154 Å². The Labute approximate surface area is 356 Å². The summed E-state index contributed by atoms with van der Waals surface area (Å²) < 4.78 is 38.8. The van der Waals surface area contributed by atoms with Crippen molar-refractivity contribution in [1.29, 1.82) is 0 Å². The smallest absolute Gasteiger partial charge is 0.303 e. The molecular formula is C50H80O9. The lowest BCUT2D eigenvalue weighted by molar-refractivity contribution is -0.353. The maximum Gasteiger partial charge on any atom is 0.303 e. The summed E-state index contributed by atoms with van der Waals surface area (Å²) in [4.78, 5) is 24.7. The van der Waals surface area contributed by atoms with Crippen LogP contribution >= 0.6 is 0 Å². The van der Waals surface area contributed by atoms with Gasteiger partial charge < -0.3 is 33.5 Å². The van der Waals surface area contributed by atoms with Crippen molar-refractivity contribution in [1.82, 2.24) is 0 Å². The number of rotatable bonds is 9. The molecule has 0 aromatic carbocycles. The molecule has 9 heteroatoms. The van der Waals surface area contributed by atoms with Crippen LogP contribution in [0.5, 0.6) is 0 Å². The van der Waals surface area contributed by atoms with Crippen molar-refractivity contribution in [3.8, 4) is 0 Å². The van der Waals surface area contributed by atoms with Crippen LogP contribution in [0.25, 0.3) is 0 Å². The predicted molar refractivity (Wildman–Crippen MR) is 228 cm³/mol. The van der Waals surface area contributed by atoms with Crippen LogP contribution in [0.2, 0.25) is 0 Å². The Bertz CT molecular complexity index is 1630. The monoisotopic (exact) mass is 825 g/mol. The molecule has 4 unspecified atom stereocenters. The fourth-order valence-corrected chi connectivity index (χ4v) is 15.7. The third-order valence-electron chi connectivity index (χ3n) is 19.7. The first-order chi connectivity index (χ1) is 27.6. The van der Waals surface area contributed by atoms with E-state index < -0.39 is 42.8 Å². The summed E-state index contributed by atoms with van der Waals surface area (Å²) in [5.74, 6) is 2.07. The molecule has 59 heavy (non-hydrogen) atoms. The molecular weight excluding hydrogens is 745 g/mol. The van der Waals surface area contributed by atoms with Gasteiger partial charge in [-0.1, -0.05) is 74.1 Å². The highest BCUT2D eigenvalue weighted by molar-refractivity contribution is 5.67. The largest absolute Gasteiger partial charge is 0.512 e. The van der Waals surface area contributed by atoms with Gasteiger partial charge in [0, 0.05) is 25.2 Å². The summed E-state index contributed by atoms with van der Waals surface area (Å²) in [5.41, 5.74) is 1.59. The van der Waals surface area contributed by atoms with Crippen LogP contribution in [0.15, 0.2) is 24.5 Å². The summed E-state index contributed by atoms with van der Waals surface area (Å²) in [6, 6.07) is 0. The second-order valence-corrected chi connectivity index (χ2v) is 22.2. The van der Waals surface area contributed by atoms with E-state index >= 15 is 0 Å². The van der Waals surface area contributed by atoms with E-state index in [4.69, 9.17) is 28.4 Å². The molecule has 0 aromatic rings. The summed E-state index contributed by atoms with van der Waals surface area (Å²) in [6.07, 6.45) is 8.17. The first-order valence-corrected chi connectivity index (χ1v) is 23.6. The average molecular weight is 825 g/mol. The van der Waals surface area contributed by atoms with E-state index in [1.54, 1.807) is 0 Å². The van der Waals surface area contributed by atoms with Crippen molar-refractivity contribution in [2.75, 3.05) is 6.61 Å². The molecule has 1 N–H and O–H groups in total. The quantitative estimate of drug-likeness (QED) is 0.105. The molecule has 2 heterocycles. The van der Waals surface area contributed by atoms with Gasteiger partial charge in [0.15, 0.2) is 18.7 Å². The van der Waals surface area contributed by atoms with Crippen molar-refractivity contribution in [2.45, 2.75) is 197 Å². The van der Waals surface area contributed by atoms with Gasteiger partial charge in [0.1, 0.15) is 12.2 Å². The number of fused-ring (bicyclic) bond motifs is 7. The minimum Gasteiger partial charge on any atom is -0.512 e. The van der Waals surface area contributed by atoms with Gasteiger partial charge in [-0.15, -0.1) is 0 Å². The number of hydrogen-bond donors (Lipinski definition) is 1. The molecule has 0 bridgehead atoms. The second kappa shape index (κ2) is 16.0. The zero-order chi connectivity index (χ0) is 43.2. The molecule has 5 saturated carbocycles. The average Bonchev–Trinajstić information content (AvgIpc) is 3.57. The SMILES string of the molecule is C=C(C)[C@@H]1CC[C@]2(C(=C)O)CC[C@]3(C)C(CCC4[C@@]5(C)CC[C@H](O[C@@H]6OC[C@H](C)[C@H](C)[C@H]6OC6O[C@@H](C)[C@H](C)[C@@H](OC(C)=O)[C@H]6OC(C)=O)[C@@](C)(CC)[C@@H]5CC[C@]43C)C12. The van der Waals surface area contributed by atoms with Crippen LogP contribution in [-0.2, 0) is 38.0 Å². The molecule has 2 aliphatic heterocycles. The third-order valence-corrected chi connectivity index (χ3v) is 19.7. The lowest BCUT2D eigenvalue weighted by atomic mass is 9.32. The van der Waals surface area contributed by atoms with Crippen molar-refractivity contribution in [2.24, 2.45) is 74.4 Å². The summed E-state index contributed by atoms with van der Waals surface area (Å²) >= 11 is 0. The van der Waals surface area contributed by atoms with Gasteiger partial charge in [0.05, 0.1) is 24.6 Å². The number of aliphatic hydroxyl groups is 1. The Morgan fingerprint density at radius 2 is 1.41 bits per heavy atom. The zero-order valence-corrected chi connectivity index (χ0v) is 38.8. The molecule has 0 amide bonds. The standard InChI is InChI=1S/C50H80O9/c1-15-46(11)37-19-22-49(14)38(17-16-36-40-35(27(2)3)18-23-50(40,32(8)51)25-24-48(36,49)13)47(37,12)21-20-39(46)58-44-42(29(5)28(4)26-54-44)59-45-43(57-34(10)53)41(56-33(9)52)30(6)31(7)55-45/h28-31,35-45,51H,2,8,15-26H2,1,3-7,9-14H3/t28-,29-,30-,31-,35-,36?,37-,38?,39-,40?,41+,42+,43+,44-,45?,46-,47-,48+,49+,50+/m0/s1. The van der Waals surface area contributed by atoms with E-state index in [1.165, 1.54) is 45.1 Å². The normalized spacial score (nSPS) is 51.9. The van der Waals surface area contributed by atoms with Crippen molar-refractivity contribution >= 4 is 11.9 Å². The molecule has 7 fully saturated rings. The van der Waals surface area contributed by atoms with Crippen molar-refractivity contribution < 1.29 is 43.1 Å². The molecule has 7 aliphatic rings. The van der Waals surface area contributed by atoms with Gasteiger partial charge in [-0.2, -0.15) is 0 Å². The van der Waals surface area contributed by atoms with E-state index in [9.17, 15) is 14.7 Å². The van der Waals surface area contributed by atoms with E-state index in [-0.39, 0.29) is 57.0 Å². The Morgan fingerprint density at radius 1 is 0.729 bits per heavy atom. The second-order valence-electron chi connectivity index (χ2n) is 22.2. The van der Waals surface area contributed by atoms with Gasteiger partial charge in [-0.05, 0) is 148 Å². The molecule has 0 aromatic heterocycles. The van der Waals surface area contributed by atoms with Gasteiger partial charge >= 0.3 is 11.9 Å².